The summed E-state index contributed by atoms with van der Waals surface area (Å²) >= 11 is 3.14. The van der Waals surface area contributed by atoms with Crippen molar-refractivity contribution in [2.45, 2.75) is 11.8 Å². The number of carboxylic acid groups (broad SMARTS) is 1. The number of benzene rings is 1. The van der Waals surface area contributed by atoms with Gasteiger partial charge in [-0.15, -0.1) is 0 Å². The first-order chi connectivity index (χ1) is 9.75. The Morgan fingerprint density at radius 1 is 1.24 bits per heavy atom. The van der Waals surface area contributed by atoms with Crippen LogP contribution in [0.1, 0.15) is 15.9 Å². The number of halogens is 1. The van der Waals surface area contributed by atoms with E-state index >= 15 is 0 Å². The van der Waals surface area contributed by atoms with Crippen LogP contribution in [0.15, 0.2) is 21.5 Å². The minimum atomic E-state index is -4.00. The molecule has 0 saturated carbocycles. The zero-order valence-corrected chi connectivity index (χ0v) is 13.7. The molecule has 0 atom stereocenters. The number of aromatic carboxylic acids is 1. The standard InChI is InChI=1S/C12H16BrNO6S/c1-8-10(12(17)18)6-9(7-11(8)13)21(19,20)14(2-4-15)3-5-16/h6-7,15-16H,2-5H2,1H3,(H,17,18). The number of rotatable bonds is 7. The third-order valence-electron chi connectivity index (χ3n) is 2.88. The van der Waals surface area contributed by atoms with Crippen LogP contribution in [0.2, 0.25) is 0 Å². The van der Waals surface area contributed by atoms with Gasteiger partial charge < -0.3 is 15.3 Å². The van der Waals surface area contributed by atoms with Gasteiger partial charge in [-0.25, -0.2) is 13.2 Å². The monoisotopic (exact) mass is 381 g/mol. The molecule has 0 aliphatic heterocycles. The van der Waals surface area contributed by atoms with Crippen molar-refractivity contribution >= 4 is 31.9 Å². The first kappa shape index (κ1) is 18.1. The molecule has 0 unspecified atom stereocenters. The molecule has 0 bridgehead atoms. The molecule has 0 aliphatic carbocycles. The lowest BCUT2D eigenvalue weighted by atomic mass is 10.1. The maximum absolute atomic E-state index is 12.4. The number of hydrogen-bond donors (Lipinski definition) is 3. The fraction of sp³-hybridized carbons (Fsp3) is 0.417. The predicted molar refractivity (Wildman–Crippen MR) is 78.8 cm³/mol. The van der Waals surface area contributed by atoms with Gasteiger partial charge >= 0.3 is 5.97 Å². The van der Waals surface area contributed by atoms with Crippen LogP contribution in [0.25, 0.3) is 0 Å². The lowest BCUT2D eigenvalue weighted by Gasteiger charge is -2.21. The third kappa shape index (κ3) is 4.01. The van der Waals surface area contributed by atoms with E-state index in [1.54, 1.807) is 6.92 Å². The predicted octanol–water partition coefficient (Wildman–Crippen LogP) is 0.431. The first-order valence-corrected chi connectivity index (χ1v) is 8.24. The highest BCUT2D eigenvalue weighted by Gasteiger charge is 2.26. The van der Waals surface area contributed by atoms with E-state index in [2.05, 4.69) is 15.9 Å². The number of hydrogen-bond acceptors (Lipinski definition) is 5. The molecule has 1 aromatic carbocycles. The Morgan fingerprint density at radius 3 is 2.19 bits per heavy atom. The van der Waals surface area contributed by atoms with Crippen LogP contribution in [-0.4, -0.2) is 60.3 Å². The van der Waals surface area contributed by atoms with Crippen molar-refractivity contribution in [3.63, 3.8) is 0 Å². The zero-order valence-electron chi connectivity index (χ0n) is 11.3. The van der Waals surface area contributed by atoms with Gasteiger partial charge in [-0.2, -0.15) is 4.31 Å². The van der Waals surface area contributed by atoms with Gasteiger partial charge in [-0.1, -0.05) is 15.9 Å². The van der Waals surface area contributed by atoms with E-state index in [1.165, 1.54) is 6.07 Å². The molecule has 1 rings (SSSR count). The van der Waals surface area contributed by atoms with Crippen molar-refractivity contribution in [1.29, 1.82) is 0 Å². The molecule has 0 amide bonds. The maximum atomic E-state index is 12.4. The molecule has 9 heteroatoms. The summed E-state index contributed by atoms with van der Waals surface area (Å²) in [4.78, 5) is 11.0. The Labute approximate surface area is 131 Å². The van der Waals surface area contributed by atoms with E-state index in [0.717, 1.165) is 10.4 Å². The van der Waals surface area contributed by atoms with Gasteiger partial charge in [0.25, 0.3) is 0 Å². The van der Waals surface area contributed by atoms with Crippen LogP contribution < -0.4 is 0 Å². The minimum absolute atomic E-state index is 0.129. The summed E-state index contributed by atoms with van der Waals surface area (Å²) in [6, 6.07) is 2.37. The van der Waals surface area contributed by atoms with Crippen molar-refractivity contribution in [1.82, 2.24) is 4.31 Å². The number of nitrogens with zero attached hydrogens (tertiary/aromatic N) is 1. The van der Waals surface area contributed by atoms with Gasteiger partial charge in [-0.3, -0.25) is 0 Å². The molecular formula is C12H16BrNO6S. The van der Waals surface area contributed by atoms with Gasteiger partial charge in [-0.05, 0) is 24.6 Å². The van der Waals surface area contributed by atoms with Gasteiger partial charge in [0.15, 0.2) is 0 Å². The van der Waals surface area contributed by atoms with Crippen molar-refractivity contribution in [2.75, 3.05) is 26.3 Å². The molecule has 21 heavy (non-hydrogen) atoms. The van der Waals surface area contributed by atoms with Crippen molar-refractivity contribution < 1.29 is 28.5 Å². The molecule has 0 aliphatic rings. The van der Waals surface area contributed by atoms with Gasteiger partial charge in [0.2, 0.25) is 10.0 Å². The van der Waals surface area contributed by atoms with Gasteiger partial charge in [0, 0.05) is 17.6 Å². The van der Waals surface area contributed by atoms with E-state index in [1.807, 2.05) is 0 Å². The zero-order chi connectivity index (χ0) is 16.2. The molecule has 0 heterocycles. The number of aliphatic hydroxyl groups excluding tert-OH is 2. The summed E-state index contributed by atoms with van der Waals surface area (Å²) in [6.45, 7) is 0.382. The quantitative estimate of drug-likeness (QED) is 0.630. The molecule has 0 radical (unpaired) electrons. The average molecular weight is 382 g/mol. The second kappa shape index (κ2) is 7.32. The largest absolute Gasteiger partial charge is 0.478 e. The highest BCUT2D eigenvalue weighted by Crippen LogP contribution is 2.26. The van der Waals surface area contributed by atoms with E-state index in [-0.39, 0.29) is 23.5 Å². The molecule has 3 N–H and O–H groups in total. The highest BCUT2D eigenvalue weighted by molar-refractivity contribution is 9.10. The summed E-state index contributed by atoms with van der Waals surface area (Å²) in [5, 5.41) is 27.0. The Balaban J connectivity index is 3.40. The topological polar surface area (TPSA) is 115 Å². The maximum Gasteiger partial charge on any atom is 0.336 e. The Kier molecular flexibility index (Phi) is 6.29. The number of carboxylic acids is 1. The average Bonchev–Trinajstić information content (AvgIpc) is 2.40. The fourth-order valence-electron chi connectivity index (χ4n) is 1.75. The van der Waals surface area contributed by atoms with E-state index in [4.69, 9.17) is 15.3 Å². The molecule has 0 spiro atoms. The number of aliphatic hydroxyl groups is 2. The Hall–Kier alpha value is -1.00. The number of carbonyl (C=O) groups is 1. The molecule has 1 aromatic rings. The third-order valence-corrected chi connectivity index (χ3v) is 5.58. The first-order valence-electron chi connectivity index (χ1n) is 6.01. The molecular weight excluding hydrogens is 366 g/mol. The Morgan fingerprint density at radius 2 is 1.76 bits per heavy atom. The molecule has 0 aromatic heterocycles. The second-order valence-electron chi connectivity index (χ2n) is 4.23. The van der Waals surface area contributed by atoms with Crippen LogP contribution in [0.5, 0.6) is 0 Å². The van der Waals surface area contributed by atoms with Gasteiger partial charge in [0.05, 0.1) is 23.7 Å². The van der Waals surface area contributed by atoms with Crippen LogP contribution in [0.4, 0.5) is 0 Å². The summed E-state index contributed by atoms with van der Waals surface area (Å²) in [6.07, 6.45) is 0. The molecule has 0 saturated heterocycles. The highest BCUT2D eigenvalue weighted by atomic mass is 79.9. The normalized spacial score (nSPS) is 11.9. The van der Waals surface area contributed by atoms with Crippen LogP contribution in [-0.2, 0) is 10.0 Å². The van der Waals surface area contributed by atoms with Gasteiger partial charge in [0.1, 0.15) is 0 Å². The summed E-state index contributed by atoms with van der Waals surface area (Å²) < 4.78 is 26.1. The second-order valence-corrected chi connectivity index (χ2v) is 7.03. The van der Waals surface area contributed by atoms with E-state index < -0.39 is 29.2 Å². The molecule has 0 fully saturated rings. The van der Waals surface area contributed by atoms with Crippen molar-refractivity contribution in [3.8, 4) is 0 Å². The van der Waals surface area contributed by atoms with Crippen LogP contribution >= 0.6 is 15.9 Å². The SMILES string of the molecule is Cc1c(Br)cc(S(=O)(=O)N(CCO)CCO)cc1C(=O)O. The Bertz CT molecular complexity index is 625. The van der Waals surface area contributed by atoms with Crippen molar-refractivity contribution in [3.05, 3.63) is 27.7 Å². The van der Waals surface area contributed by atoms with E-state index in [9.17, 15) is 13.2 Å². The molecule has 7 nitrogen and oxygen atoms in total. The van der Waals surface area contributed by atoms with Crippen LogP contribution in [0.3, 0.4) is 0 Å². The van der Waals surface area contributed by atoms with E-state index in [0.29, 0.717) is 10.0 Å². The summed E-state index contributed by atoms with van der Waals surface area (Å²) in [5.41, 5.74) is 0.285. The summed E-state index contributed by atoms with van der Waals surface area (Å²) in [7, 11) is -4.00. The fourth-order valence-corrected chi connectivity index (χ4v) is 3.84. The summed E-state index contributed by atoms with van der Waals surface area (Å²) in [5.74, 6) is -1.24. The minimum Gasteiger partial charge on any atom is -0.478 e. The van der Waals surface area contributed by atoms with Crippen LogP contribution in [0, 0.1) is 6.92 Å². The lowest BCUT2D eigenvalue weighted by Crippen LogP contribution is -2.36. The molecule has 118 valence electrons. The lowest BCUT2D eigenvalue weighted by molar-refractivity contribution is 0.0695. The number of sulfonamides is 1. The van der Waals surface area contributed by atoms with Crippen molar-refractivity contribution in [2.24, 2.45) is 0 Å². The smallest absolute Gasteiger partial charge is 0.336 e.